The Kier molecular flexibility index (Phi) is 6.46. The van der Waals surface area contributed by atoms with E-state index < -0.39 is 0 Å². The predicted octanol–water partition coefficient (Wildman–Crippen LogP) is 3.63. The molecule has 4 rings (SSSR count). The molecule has 1 fully saturated rings. The van der Waals surface area contributed by atoms with Gasteiger partial charge >= 0.3 is 0 Å². The molecule has 0 atom stereocenters. The van der Waals surface area contributed by atoms with E-state index in [2.05, 4.69) is 29.2 Å². The van der Waals surface area contributed by atoms with Gasteiger partial charge in [-0.15, -0.1) is 11.8 Å². The minimum atomic E-state index is -0.103. The SMILES string of the molecule is Cn1c(=O)cc(SCC(=O)N2CCN(Cc3ccccc3)CC2)c2ccc(Cl)cc21. The zero-order valence-corrected chi connectivity index (χ0v) is 18.5. The van der Waals surface area contributed by atoms with E-state index in [4.69, 9.17) is 11.6 Å². The van der Waals surface area contributed by atoms with Crippen molar-refractivity contribution in [2.24, 2.45) is 7.05 Å². The van der Waals surface area contributed by atoms with Crippen molar-refractivity contribution in [2.45, 2.75) is 11.4 Å². The Labute approximate surface area is 185 Å². The molecule has 2 heterocycles. The van der Waals surface area contributed by atoms with Crippen molar-refractivity contribution in [3.63, 3.8) is 0 Å². The lowest BCUT2D eigenvalue weighted by molar-refractivity contribution is -0.130. The number of aryl methyl sites for hydroxylation is 1. The molecule has 5 nitrogen and oxygen atoms in total. The monoisotopic (exact) mass is 441 g/mol. The predicted molar refractivity (Wildman–Crippen MR) is 123 cm³/mol. The number of nitrogens with zero attached hydrogens (tertiary/aromatic N) is 3. The number of hydrogen-bond acceptors (Lipinski definition) is 4. The van der Waals surface area contributed by atoms with Gasteiger partial charge in [-0.25, -0.2) is 0 Å². The Morgan fingerprint density at radius 2 is 1.77 bits per heavy atom. The fraction of sp³-hybridized carbons (Fsp3) is 0.304. The van der Waals surface area contributed by atoms with Crippen LogP contribution in [0.1, 0.15) is 5.56 Å². The maximum absolute atomic E-state index is 12.8. The molecule has 0 N–H and O–H groups in total. The molecule has 0 unspecified atom stereocenters. The first kappa shape index (κ1) is 21.0. The fourth-order valence-corrected chi connectivity index (χ4v) is 4.88. The van der Waals surface area contributed by atoms with E-state index in [9.17, 15) is 9.59 Å². The Hall–Kier alpha value is -2.28. The molecule has 2 aromatic carbocycles. The Morgan fingerprint density at radius 3 is 2.50 bits per heavy atom. The van der Waals surface area contributed by atoms with E-state index in [0.29, 0.717) is 10.8 Å². The second-order valence-corrected chi connectivity index (χ2v) is 8.95. The summed E-state index contributed by atoms with van der Waals surface area (Å²) in [4.78, 5) is 30.2. The second kappa shape index (κ2) is 9.25. The van der Waals surface area contributed by atoms with Gasteiger partial charge in [-0.2, -0.15) is 0 Å². The lowest BCUT2D eigenvalue weighted by atomic mass is 10.2. The smallest absolute Gasteiger partial charge is 0.251 e. The number of piperazine rings is 1. The molecule has 30 heavy (non-hydrogen) atoms. The van der Waals surface area contributed by atoms with Crippen LogP contribution in [0.2, 0.25) is 5.02 Å². The largest absolute Gasteiger partial charge is 0.339 e. The first-order valence-electron chi connectivity index (χ1n) is 9.97. The highest BCUT2D eigenvalue weighted by Gasteiger charge is 2.21. The molecule has 1 aliphatic rings. The number of fused-ring (bicyclic) bond motifs is 1. The molecule has 1 aliphatic heterocycles. The minimum absolute atomic E-state index is 0.103. The zero-order chi connectivity index (χ0) is 21.1. The van der Waals surface area contributed by atoms with Crippen molar-refractivity contribution in [3.05, 3.63) is 75.5 Å². The topological polar surface area (TPSA) is 45.6 Å². The van der Waals surface area contributed by atoms with Gasteiger partial charge < -0.3 is 9.47 Å². The summed E-state index contributed by atoms with van der Waals surface area (Å²) in [6.45, 7) is 4.13. The summed E-state index contributed by atoms with van der Waals surface area (Å²) in [5.41, 5.74) is 1.97. The summed E-state index contributed by atoms with van der Waals surface area (Å²) in [5.74, 6) is 0.436. The van der Waals surface area contributed by atoms with Gasteiger partial charge in [0.15, 0.2) is 0 Å². The number of halogens is 1. The Balaban J connectivity index is 1.37. The van der Waals surface area contributed by atoms with Crippen LogP contribution in [-0.4, -0.2) is 52.2 Å². The van der Waals surface area contributed by atoms with Crippen LogP contribution in [0, 0.1) is 0 Å². The summed E-state index contributed by atoms with van der Waals surface area (Å²) in [5, 5.41) is 1.52. The van der Waals surface area contributed by atoms with Gasteiger partial charge in [0, 0.05) is 61.1 Å². The number of hydrogen-bond donors (Lipinski definition) is 0. The summed E-state index contributed by atoms with van der Waals surface area (Å²) in [6.07, 6.45) is 0. The highest BCUT2D eigenvalue weighted by Crippen LogP contribution is 2.28. The number of pyridine rings is 1. The van der Waals surface area contributed by atoms with Gasteiger partial charge in [-0.3, -0.25) is 14.5 Å². The first-order valence-corrected chi connectivity index (χ1v) is 11.3. The zero-order valence-electron chi connectivity index (χ0n) is 16.9. The number of thioether (sulfide) groups is 1. The van der Waals surface area contributed by atoms with Crippen LogP contribution in [0.3, 0.4) is 0 Å². The molecule has 1 saturated heterocycles. The number of rotatable bonds is 5. The van der Waals surface area contributed by atoms with Gasteiger partial charge in [0.2, 0.25) is 5.91 Å². The van der Waals surface area contributed by atoms with Crippen LogP contribution in [0.15, 0.2) is 64.3 Å². The summed E-state index contributed by atoms with van der Waals surface area (Å²) in [7, 11) is 1.73. The van der Waals surface area contributed by atoms with Crippen molar-refractivity contribution in [2.75, 3.05) is 31.9 Å². The number of benzene rings is 2. The van der Waals surface area contributed by atoms with Crippen LogP contribution in [0.5, 0.6) is 0 Å². The quantitative estimate of drug-likeness (QED) is 0.567. The van der Waals surface area contributed by atoms with Gasteiger partial charge in [0.25, 0.3) is 5.56 Å². The molecular weight excluding hydrogens is 418 g/mol. The molecule has 0 saturated carbocycles. The molecule has 156 valence electrons. The molecular formula is C23H24ClN3O2S. The summed E-state index contributed by atoms with van der Waals surface area (Å²) >= 11 is 7.52. The number of amides is 1. The van der Waals surface area contributed by atoms with Gasteiger partial charge in [-0.1, -0.05) is 48.0 Å². The van der Waals surface area contributed by atoms with E-state index in [-0.39, 0.29) is 11.5 Å². The maximum Gasteiger partial charge on any atom is 0.251 e. The van der Waals surface area contributed by atoms with Crippen molar-refractivity contribution in [3.8, 4) is 0 Å². The van der Waals surface area contributed by atoms with Crippen LogP contribution >= 0.6 is 23.4 Å². The maximum atomic E-state index is 12.8. The average Bonchev–Trinajstić information content (AvgIpc) is 2.76. The van der Waals surface area contributed by atoms with E-state index in [1.165, 1.54) is 17.3 Å². The molecule has 1 amide bonds. The van der Waals surface area contributed by atoms with Crippen LogP contribution in [0.25, 0.3) is 10.9 Å². The molecule has 0 spiro atoms. The number of aromatic nitrogens is 1. The highest BCUT2D eigenvalue weighted by atomic mass is 35.5. The summed E-state index contributed by atoms with van der Waals surface area (Å²) < 4.78 is 1.58. The van der Waals surface area contributed by atoms with Gasteiger partial charge in [0.1, 0.15) is 0 Å². The summed E-state index contributed by atoms with van der Waals surface area (Å²) in [6, 6.07) is 17.5. The van der Waals surface area contributed by atoms with E-state index >= 15 is 0 Å². The molecule has 0 radical (unpaired) electrons. The van der Waals surface area contributed by atoms with Crippen molar-refractivity contribution in [1.29, 1.82) is 0 Å². The lowest BCUT2D eigenvalue weighted by Gasteiger charge is -2.34. The fourth-order valence-electron chi connectivity index (χ4n) is 3.74. The van der Waals surface area contributed by atoms with Gasteiger partial charge in [-0.05, 0) is 17.7 Å². The number of carbonyl (C=O) groups is 1. The minimum Gasteiger partial charge on any atom is -0.339 e. The third-order valence-corrected chi connectivity index (χ3v) is 6.77. The third kappa shape index (κ3) is 4.72. The standard InChI is InChI=1S/C23H24ClN3O2S/c1-25-20-13-18(24)7-8-19(20)21(14-22(25)28)30-16-23(29)27-11-9-26(10-12-27)15-17-5-3-2-4-6-17/h2-8,13-14H,9-12,15-16H2,1H3. The van der Waals surface area contributed by atoms with Crippen molar-refractivity contribution < 1.29 is 4.79 Å². The molecule has 0 aliphatic carbocycles. The van der Waals surface area contributed by atoms with Gasteiger partial charge in [0.05, 0.1) is 11.3 Å². The van der Waals surface area contributed by atoms with Crippen molar-refractivity contribution in [1.82, 2.24) is 14.4 Å². The Morgan fingerprint density at radius 1 is 1.03 bits per heavy atom. The molecule has 3 aromatic rings. The lowest BCUT2D eigenvalue weighted by Crippen LogP contribution is -2.48. The third-order valence-electron chi connectivity index (χ3n) is 5.50. The van der Waals surface area contributed by atoms with E-state index in [1.54, 1.807) is 23.7 Å². The van der Waals surface area contributed by atoms with E-state index in [0.717, 1.165) is 48.5 Å². The second-order valence-electron chi connectivity index (χ2n) is 7.50. The van der Waals surface area contributed by atoms with Crippen LogP contribution in [-0.2, 0) is 18.4 Å². The van der Waals surface area contributed by atoms with Crippen molar-refractivity contribution >= 4 is 40.2 Å². The normalized spacial score (nSPS) is 14.9. The molecule has 1 aromatic heterocycles. The molecule has 7 heteroatoms. The average molecular weight is 442 g/mol. The van der Waals surface area contributed by atoms with Crippen LogP contribution in [0.4, 0.5) is 0 Å². The van der Waals surface area contributed by atoms with Crippen LogP contribution < -0.4 is 5.56 Å². The Bertz CT molecular complexity index is 1110. The number of carbonyl (C=O) groups excluding carboxylic acids is 1. The van der Waals surface area contributed by atoms with E-state index in [1.807, 2.05) is 23.1 Å². The first-order chi connectivity index (χ1) is 14.5. The molecule has 0 bridgehead atoms. The highest BCUT2D eigenvalue weighted by molar-refractivity contribution is 8.00.